The Hall–Kier alpha value is -2.28. The molecule has 2 aliphatic heterocycles. The molecule has 2 aromatic rings. The summed E-state index contributed by atoms with van der Waals surface area (Å²) in [5.41, 5.74) is 2.24. The van der Waals surface area contributed by atoms with Gasteiger partial charge in [0.1, 0.15) is 18.0 Å². The van der Waals surface area contributed by atoms with Crippen molar-refractivity contribution in [3.8, 4) is 0 Å². The van der Waals surface area contributed by atoms with Gasteiger partial charge in [-0.05, 0) is 25.7 Å². The van der Waals surface area contributed by atoms with Gasteiger partial charge in [-0.25, -0.2) is 15.0 Å². The summed E-state index contributed by atoms with van der Waals surface area (Å²) < 4.78 is 1.65. The topological polar surface area (TPSA) is 67.2 Å². The van der Waals surface area contributed by atoms with Crippen molar-refractivity contribution in [3.05, 3.63) is 46.0 Å². The minimum atomic E-state index is 0.00479. The Labute approximate surface area is 147 Å². The fourth-order valence-electron chi connectivity index (χ4n) is 4.10. The summed E-state index contributed by atoms with van der Waals surface area (Å²) in [5.74, 6) is 3.22. The van der Waals surface area contributed by atoms with Gasteiger partial charge in [-0.1, -0.05) is 0 Å². The van der Waals surface area contributed by atoms with Crippen molar-refractivity contribution in [2.45, 2.75) is 20.4 Å². The zero-order valence-electron chi connectivity index (χ0n) is 15.0. The number of anilines is 1. The normalized spacial score (nSPS) is 23.2. The molecular weight excluding hydrogens is 316 g/mol. The molecule has 7 heteroatoms. The lowest BCUT2D eigenvalue weighted by Crippen LogP contribution is -2.32. The number of hydrogen-bond acceptors (Lipinski definition) is 6. The number of nitrogens with zero attached hydrogens (tertiary/aromatic N) is 6. The second-order valence-corrected chi connectivity index (χ2v) is 7.29. The fraction of sp³-hybridized carbons (Fsp3) is 0.556. The summed E-state index contributed by atoms with van der Waals surface area (Å²) in [6.07, 6.45) is 3.27. The van der Waals surface area contributed by atoms with Crippen molar-refractivity contribution < 1.29 is 0 Å². The van der Waals surface area contributed by atoms with Crippen LogP contribution in [0.25, 0.3) is 0 Å². The molecule has 2 unspecified atom stereocenters. The molecule has 2 aliphatic rings. The summed E-state index contributed by atoms with van der Waals surface area (Å²) >= 11 is 0. The Morgan fingerprint density at radius 3 is 2.52 bits per heavy atom. The molecule has 2 saturated heterocycles. The Balaban J connectivity index is 1.43. The van der Waals surface area contributed by atoms with Gasteiger partial charge in [-0.15, -0.1) is 0 Å². The van der Waals surface area contributed by atoms with Crippen molar-refractivity contribution in [2.24, 2.45) is 18.9 Å². The van der Waals surface area contributed by atoms with Crippen molar-refractivity contribution in [1.82, 2.24) is 24.4 Å². The monoisotopic (exact) mass is 340 g/mol. The van der Waals surface area contributed by atoms with E-state index in [0.29, 0.717) is 11.8 Å². The molecule has 2 atom stereocenters. The van der Waals surface area contributed by atoms with Crippen LogP contribution >= 0.6 is 0 Å². The third kappa shape index (κ3) is 2.93. The highest BCUT2D eigenvalue weighted by Crippen LogP contribution is 2.34. The number of likely N-dealkylation sites (tertiary alicyclic amines) is 1. The van der Waals surface area contributed by atoms with Gasteiger partial charge in [0.2, 0.25) is 0 Å². The number of hydrogen-bond donors (Lipinski definition) is 0. The average molecular weight is 340 g/mol. The third-order valence-corrected chi connectivity index (χ3v) is 5.69. The summed E-state index contributed by atoms with van der Waals surface area (Å²) in [6.45, 7) is 9.07. The fourth-order valence-corrected chi connectivity index (χ4v) is 4.10. The summed E-state index contributed by atoms with van der Waals surface area (Å²) in [6, 6.07) is 1.51. The zero-order chi connectivity index (χ0) is 17.6. The number of aryl methyl sites for hydroxylation is 1. The number of rotatable bonds is 3. The van der Waals surface area contributed by atoms with E-state index in [0.717, 1.165) is 50.1 Å². The van der Waals surface area contributed by atoms with Gasteiger partial charge in [0.25, 0.3) is 5.56 Å². The molecule has 0 aliphatic carbocycles. The molecule has 0 radical (unpaired) electrons. The molecule has 4 rings (SSSR count). The van der Waals surface area contributed by atoms with Crippen LogP contribution in [0.4, 0.5) is 5.82 Å². The van der Waals surface area contributed by atoms with E-state index in [1.165, 1.54) is 11.6 Å². The molecule has 25 heavy (non-hydrogen) atoms. The lowest BCUT2D eigenvalue weighted by Gasteiger charge is -2.23. The van der Waals surface area contributed by atoms with Gasteiger partial charge in [0, 0.05) is 56.7 Å². The maximum Gasteiger partial charge on any atom is 0.253 e. The van der Waals surface area contributed by atoms with Crippen LogP contribution in [-0.2, 0) is 13.6 Å². The van der Waals surface area contributed by atoms with E-state index in [9.17, 15) is 4.79 Å². The van der Waals surface area contributed by atoms with Crippen LogP contribution in [0.2, 0.25) is 0 Å². The quantitative estimate of drug-likeness (QED) is 0.822. The SMILES string of the molecule is Cc1ncnc(N2CC3CN(Cc4nccc(=O)n4C)CC3C2)c1C. The van der Waals surface area contributed by atoms with Gasteiger partial charge in [0.15, 0.2) is 0 Å². The van der Waals surface area contributed by atoms with Crippen LogP contribution in [0.1, 0.15) is 17.1 Å². The van der Waals surface area contributed by atoms with E-state index < -0.39 is 0 Å². The van der Waals surface area contributed by atoms with Gasteiger partial charge >= 0.3 is 0 Å². The zero-order valence-corrected chi connectivity index (χ0v) is 15.0. The van der Waals surface area contributed by atoms with Crippen molar-refractivity contribution >= 4 is 5.82 Å². The van der Waals surface area contributed by atoms with Crippen molar-refractivity contribution in [2.75, 3.05) is 31.1 Å². The standard InChI is InChI=1S/C18H24N6O/c1-12-13(2)20-11-21-18(12)24-8-14-6-23(7-15(14)9-24)10-16-19-5-4-17(25)22(16)3/h4-5,11,14-15H,6-10H2,1-3H3. The first kappa shape index (κ1) is 16.2. The van der Waals surface area contributed by atoms with E-state index in [1.54, 1.807) is 24.1 Å². The average Bonchev–Trinajstić information content (AvgIpc) is 3.13. The van der Waals surface area contributed by atoms with Crippen LogP contribution in [0.3, 0.4) is 0 Å². The van der Waals surface area contributed by atoms with Crippen LogP contribution in [0, 0.1) is 25.7 Å². The predicted molar refractivity (Wildman–Crippen MR) is 95.5 cm³/mol. The molecule has 0 spiro atoms. The van der Waals surface area contributed by atoms with E-state index in [1.807, 2.05) is 6.92 Å². The summed E-state index contributed by atoms with van der Waals surface area (Å²) in [4.78, 5) is 29.7. The largest absolute Gasteiger partial charge is 0.356 e. The number of fused-ring (bicyclic) bond motifs is 1. The van der Waals surface area contributed by atoms with Crippen molar-refractivity contribution in [1.29, 1.82) is 0 Å². The van der Waals surface area contributed by atoms with Gasteiger partial charge in [-0.2, -0.15) is 0 Å². The van der Waals surface area contributed by atoms with Gasteiger partial charge in [0.05, 0.1) is 6.54 Å². The smallest absolute Gasteiger partial charge is 0.253 e. The lowest BCUT2D eigenvalue weighted by atomic mass is 10.0. The Morgan fingerprint density at radius 1 is 1.08 bits per heavy atom. The van der Waals surface area contributed by atoms with Crippen LogP contribution < -0.4 is 10.5 Å². The second kappa shape index (κ2) is 6.22. The van der Waals surface area contributed by atoms with E-state index >= 15 is 0 Å². The molecule has 2 fully saturated rings. The Bertz CT molecular complexity index is 834. The van der Waals surface area contributed by atoms with Gasteiger partial charge < -0.3 is 4.90 Å². The molecule has 0 saturated carbocycles. The van der Waals surface area contributed by atoms with E-state index in [-0.39, 0.29) is 5.56 Å². The first-order chi connectivity index (χ1) is 12.0. The highest BCUT2D eigenvalue weighted by Gasteiger charge is 2.40. The third-order valence-electron chi connectivity index (χ3n) is 5.69. The highest BCUT2D eigenvalue weighted by atomic mass is 16.1. The van der Waals surface area contributed by atoms with Crippen LogP contribution in [0.5, 0.6) is 0 Å². The minimum absolute atomic E-state index is 0.00479. The molecule has 0 amide bonds. The molecule has 7 nitrogen and oxygen atoms in total. The molecule has 0 N–H and O–H groups in total. The van der Waals surface area contributed by atoms with Crippen LogP contribution in [0.15, 0.2) is 23.4 Å². The lowest BCUT2D eigenvalue weighted by molar-refractivity contribution is 0.295. The minimum Gasteiger partial charge on any atom is -0.356 e. The number of aromatic nitrogens is 4. The highest BCUT2D eigenvalue weighted by molar-refractivity contribution is 5.48. The predicted octanol–water partition coefficient (Wildman–Crippen LogP) is 0.755. The first-order valence-corrected chi connectivity index (χ1v) is 8.79. The molecule has 2 aromatic heterocycles. The van der Waals surface area contributed by atoms with Gasteiger partial charge in [-0.3, -0.25) is 14.3 Å². The second-order valence-electron chi connectivity index (χ2n) is 7.29. The Morgan fingerprint density at radius 2 is 1.80 bits per heavy atom. The first-order valence-electron chi connectivity index (χ1n) is 8.79. The van der Waals surface area contributed by atoms with Crippen molar-refractivity contribution in [3.63, 3.8) is 0 Å². The van der Waals surface area contributed by atoms with Crippen LogP contribution in [-0.4, -0.2) is 50.6 Å². The summed E-state index contributed by atoms with van der Waals surface area (Å²) in [7, 11) is 1.80. The maximum atomic E-state index is 11.8. The molecule has 132 valence electrons. The molecular formula is C18H24N6O. The molecule has 4 heterocycles. The maximum absolute atomic E-state index is 11.8. The summed E-state index contributed by atoms with van der Waals surface area (Å²) in [5, 5.41) is 0. The molecule has 0 aromatic carbocycles. The Kier molecular flexibility index (Phi) is 4.03. The van der Waals surface area contributed by atoms with E-state index in [4.69, 9.17) is 0 Å². The molecule has 0 bridgehead atoms. The van der Waals surface area contributed by atoms with E-state index in [2.05, 4.69) is 31.7 Å².